The molecule has 0 aliphatic rings. The minimum atomic E-state index is -4.07. The Bertz CT molecular complexity index is 608. The van der Waals surface area contributed by atoms with Gasteiger partial charge in [0.25, 0.3) is 0 Å². The SMILES string of the molecule is Cc1sc(Br)cc1S(=O)(=O)N[C@H](CC(=O)O)C(=O)O. The molecular formula is C9H10BrNO6S2. The predicted molar refractivity (Wildman–Crippen MR) is 70.8 cm³/mol. The number of sulfonamides is 1. The molecule has 7 nitrogen and oxygen atoms in total. The highest BCUT2D eigenvalue weighted by molar-refractivity contribution is 9.11. The number of aryl methyl sites for hydroxylation is 1. The molecule has 0 bridgehead atoms. The van der Waals surface area contributed by atoms with Crippen LogP contribution in [0, 0.1) is 6.92 Å². The molecule has 1 heterocycles. The summed E-state index contributed by atoms with van der Waals surface area (Å²) in [5.41, 5.74) is 0. The van der Waals surface area contributed by atoms with E-state index in [0.717, 1.165) is 0 Å². The molecule has 1 rings (SSSR count). The maximum Gasteiger partial charge on any atom is 0.322 e. The number of nitrogens with one attached hydrogen (secondary N) is 1. The van der Waals surface area contributed by atoms with Crippen LogP contribution >= 0.6 is 27.3 Å². The number of rotatable bonds is 6. The summed E-state index contributed by atoms with van der Waals surface area (Å²) in [6.07, 6.45) is -0.834. The molecule has 19 heavy (non-hydrogen) atoms. The van der Waals surface area contributed by atoms with E-state index in [9.17, 15) is 18.0 Å². The predicted octanol–water partition coefficient (Wildman–Crippen LogP) is 1.03. The molecule has 0 aromatic carbocycles. The quantitative estimate of drug-likeness (QED) is 0.686. The van der Waals surface area contributed by atoms with Crippen LogP contribution in [0.5, 0.6) is 0 Å². The number of halogens is 1. The second-order valence-electron chi connectivity index (χ2n) is 3.58. The van der Waals surface area contributed by atoms with Gasteiger partial charge in [0.15, 0.2) is 0 Å². The molecule has 1 aromatic heterocycles. The fourth-order valence-electron chi connectivity index (χ4n) is 1.30. The summed E-state index contributed by atoms with van der Waals surface area (Å²) >= 11 is 4.31. The van der Waals surface area contributed by atoms with Gasteiger partial charge in [-0.05, 0) is 28.9 Å². The summed E-state index contributed by atoms with van der Waals surface area (Å²) in [4.78, 5) is 21.7. The summed E-state index contributed by atoms with van der Waals surface area (Å²) in [5.74, 6) is -2.95. The number of hydrogen-bond donors (Lipinski definition) is 3. The van der Waals surface area contributed by atoms with Gasteiger partial charge >= 0.3 is 11.9 Å². The van der Waals surface area contributed by atoms with E-state index in [1.807, 2.05) is 4.72 Å². The Hall–Kier alpha value is -0.970. The first-order valence-electron chi connectivity index (χ1n) is 4.86. The first-order chi connectivity index (χ1) is 8.63. The van der Waals surface area contributed by atoms with Gasteiger partial charge < -0.3 is 10.2 Å². The average Bonchev–Trinajstić information content (AvgIpc) is 2.56. The van der Waals surface area contributed by atoms with Crippen molar-refractivity contribution in [1.82, 2.24) is 4.72 Å². The van der Waals surface area contributed by atoms with Crippen molar-refractivity contribution in [2.45, 2.75) is 24.3 Å². The summed E-state index contributed by atoms with van der Waals surface area (Å²) in [6, 6.07) is -0.372. The van der Waals surface area contributed by atoms with Crippen molar-refractivity contribution in [3.05, 3.63) is 14.7 Å². The smallest absolute Gasteiger partial charge is 0.322 e. The summed E-state index contributed by atoms with van der Waals surface area (Å²) < 4.78 is 26.4. The zero-order valence-electron chi connectivity index (χ0n) is 9.58. The maximum absolute atomic E-state index is 12.0. The first kappa shape index (κ1) is 16.1. The lowest BCUT2D eigenvalue weighted by Gasteiger charge is -2.12. The van der Waals surface area contributed by atoms with E-state index in [0.29, 0.717) is 8.66 Å². The monoisotopic (exact) mass is 371 g/mol. The van der Waals surface area contributed by atoms with Gasteiger partial charge in [0.1, 0.15) is 6.04 Å². The number of carbonyl (C=O) groups is 2. The van der Waals surface area contributed by atoms with Crippen molar-refractivity contribution < 1.29 is 28.2 Å². The van der Waals surface area contributed by atoms with Crippen LogP contribution in [-0.2, 0) is 19.6 Å². The van der Waals surface area contributed by atoms with Crippen molar-refractivity contribution >= 4 is 49.2 Å². The van der Waals surface area contributed by atoms with Crippen LogP contribution in [0.2, 0.25) is 0 Å². The zero-order valence-corrected chi connectivity index (χ0v) is 12.8. The van der Waals surface area contributed by atoms with E-state index >= 15 is 0 Å². The third-order valence-corrected chi connectivity index (χ3v) is 5.39. The van der Waals surface area contributed by atoms with Crippen LogP contribution in [0.25, 0.3) is 0 Å². The van der Waals surface area contributed by atoms with Gasteiger partial charge in [-0.25, -0.2) is 8.42 Å². The Kier molecular flexibility index (Phi) is 5.07. The van der Waals surface area contributed by atoms with Crippen LogP contribution in [-0.4, -0.2) is 36.6 Å². The summed E-state index contributed by atoms with van der Waals surface area (Å²) in [7, 11) is -4.07. The van der Waals surface area contributed by atoms with Crippen LogP contribution in [0.4, 0.5) is 0 Å². The van der Waals surface area contributed by atoms with E-state index in [2.05, 4.69) is 15.9 Å². The lowest BCUT2D eigenvalue weighted by molar-refractivity contribution is -0.145. The average molecular weight is 372 g/mol. The highest BCUT2D eigenvalue weighted by atomic mass is 79.9. The fourth-order valence-corrected chi connectivity index (χ4v) is 4.91. The lowest BCUT2D eigenvalue weighted by atomic mass is 10.2. The highest BCUT2D eigenvalue weighted by Gasteiger charge is 2.29. The van der Waals surface area contributed by atoms with Gasteiger partial charge in [-0.15, -0.1) is 11.3 Å². The van der Waals surface area contributed by atoms with E-state index < -0.39 is 34.4 Å². The first-order valence-corrected chi connectivity index (χ1v) is 7.95. The van der Waals surface area contributed by atoms with Gasteiger partial charge in [-0.1, -0.05) is 0 Å². The highest BCUT2D eigenvalue weighted by Crippen LogP contribution is 2.29. The fraction of sp³-hybridized carbons (Fsp3) is 0.333. The topological polar surface area (TPSA) is 121 Å². The van der Waals surface area contributed by atoms with Crippen molar-refractivity contribution in [2.75, 3.05) is 0 Å². The van der Waals surface area contributed by atoms with Crippen molar-refractivity contribution in [1.29, 1.82) is 0 Å². The Morgan fingerprint density at radius 1 is 1.47 bits per heavy atom. The molecule has 0 unspecified atom stereocenters. The molecule has 0 saturated carbocycles. The second-order valence-corrected chi connectivity index (χ2v) is 7.90. The second kappa shape index (κ2) is 5.99. The molecule has 106 valence electrons. The third kappa shape index (κ3) is 4.27. The van der Waals surface area contributed by atoms with Crippen LogP contribution < -0.4 is 4.72 Å². The third-order valence-electron chi connectivity index (χ3n) is 2.11. The Morgan fingerprint density at radius 3 is 2.42 bits per heavy atom. The molecule has 0 fully saturated rings. The van der Waals surface area contributed by atoms with E-state index in [4.69, 9.17) is 10.2 Å². The van der Waals surface area contributed by atoms with E-state index in [1.54, 1.807) is 6.92 Å². The van der Waals surface area contributed by atoms with Gasteiger partial charge in [0.05, 0.1) is 15.1 Å². The van der Waals surface area contributed by atoms with Crippen LogP contribution in [0.3, 0.4) is 0 Å². The van der Waals surface area contributed by atoms with E-state index in [-0.39, 0.29) is 4.90 Å². The van der Waals surface area contributed by atoms with Gasteiger partial charge in [-0.2, -0.15) is 4.72 Å². The van der Waals surface area contributed by atoms with Crippen molar-refractivity contribution in [2.24, 2.45) is 0 Å². The zero-order chi connectivity index (χ0) is 14.8. The Morgan fingerprint density at radius 2 is 2.05 bits per heavy atom. The van der Waals surface area contributed by atoms with Crippen molar-refractivity contribution in [3.63, 3.8) is 0 Å². The minimum Gasteiger partial charge on any atom is -0.481 e. The molecule has 0 spiro atoms. The molecule has 0 amide bonds. The number of carboxylic acid groups (broad SMARTS) is 2. The molecule has 1 aromatic rings. The molecule has 0 aliphatic heterocycles. The van der Waals surface area contributed by atoms with E-state index in [1.165, 1.54) is 17.4 Å². The van der Waals surface area contributed by atoms with Crippen LogP contribution in [0.15, 0.2) is 14.7 Å². The summed E-state index contributed by atoms with van der Waals surface area (Å²) in [5, 5.41) is 17.4. The number of thiophene rings is 1. The molecule has 10 heteroatoms. The molecule has 1 atom stereocenters. The molecule has 0 saturated heterocycles. The van der Waals surface area contributed by atoms with Gasteiger partial charge in [-0.3, -0.25) is 9.59 Å². The number of carboxylic acids is 2. The maximum atomic E-state index is 12.0. The van der Waals surface area contributed by atoms with Gasteiger partial charge in [0, 0.05) is 4.88 Å². The van der Waals surface area contributed by atoms with Gasteiger partial charge in [0.2, 0.25) is 10.0 Å². The number of aliphatic carboxylic acids is 2. The van der Waals surface area contributed by atoms with Crippen LogP contribution in [0.1, 0.15) is 11.3 Å². The normalized spacial score (nSPS) is 13.2. The number of hydrogen-bond acceptors (Lipinski definition) is 5. The molecule has 3 N–H and O–H groups in total. The molecule has 0 radical (unpaired) electrons. The Balaban J connectivity index is 3.04. The lowest BCUT2D eigenvalue weighted by Crippen LogP contribution is -2.42. The molecular weight excluding hydrogens is 362 g/mol. The molecule has 0 aliphatic carbocycles. The Labute approximate surface area is 121 Å². The standard InChI is InChI=1S/C9H10BrNO6S2/c1-4-6(3-7(10)18-4)19(16,17)11-5(9(14)15)2-8(12)13/h3,5,11H,2H2,1H3,(H,12,13)(H,14,15)/t5-/m1/s1. The minimum absolute atomic E-state index is 0.0685. The van der Waals surface area contributed by atoms with Crippen molar-refractivity contribution in [3.8, 4) is 0 Å². The largest absolute Gasteiger partial charge is 0.481 e. The summed E-state index contributed by atoms with van der Waals surface area (Å²) in [6.45, 7) is 1.57.